The topological polar surface area (TPSA) is 92.2 Å². The molecule has 4 nitrogen and oxygen atoms in total. The molecule has 4 rings (SSSR count). The van der Waals surface area contributed by atoms with Crippen molar-refractivity contribution in [1.29, 1.82) is 0 Å². The van der Waals surface area contributed by atoms with Crippen LogP contribution in [0.1, 0.15) is 5.56 Å². The molecule has 0 aromatic heterocycles. The summed E-state index contributed by atoms with van der Waals surface area (Å²) in [5.74, 6) is 0. The van der Waals surface area contributed by atoms with Crippen LogP contribution in [0.3, 0.4) is 0 Å². The lowest BCUT2D eigenvalue weighted by molar-refractivity contribution is -2.00. The van der Waals surface area contributed by atoms with Crippen molar-refractivity contribution in [3.63, 3.8) is 0 Å². The number of benzene rings is 4. The Labute approximate surface area is 189 Å². The van der Waals surface area contributed by atoms with Crippen molar-refractivity contribution in [1.82, 2.24) is 0 Å². The summed E-state index contributed by atoms with van der Waals surface area (Å²) in [6.45, 7) is 0. The molecule has 6 heteroatoms. The van der Waals surface area contributed by atoms with Gasteiger partial charge < -0.3 is 0 Å². The van der Waals surface area contributed by atoms with Gasteiger partial charge in [-0.15, -0.1) is 0 Å². The van der Waals surface area contributed by atoms with Gasteiger partial charge in [-0.25, -0.2) is 0 Å². The number of rotatable bonds is 5. The van der Waals surface area contributed by atoms with Gasteiger partial charge in [-0.1, -0.05) is 84.9 Å². The SMILES string of the molecule is [O-][I+3]([O-])([O-])[O-].c1ccc(C[P+](c2ccccc2)(c2ccccc2)c2ccccc2)cc1. The quantitative estimate of drug-likeness (QED) is 0.204. The van der Waals surface area contributed by atoms with Crippen LogP contribution in [0, 0.1) is 0 Å². The fourth-order valence-corrected chi connectivity index (χ4v) is 7.87. The molecule has 0 fully saturated rings. The first-order valence-electron chi connectivity index (χ1n) is 9.60. The van der Waals surface area contributed by atoms with Crippen LogP contribution in [-0.4, -0.2) is 0 Å². The molecule has 0 saturated carbocycles. The molecule has 0 amide bonds. The average Bonchev–Trinajstić information content (AvgIpc) is 2.79. The van der Waals surface area contributed by atoms with E-state index in [1.807, 2.05) is 0 Å². The van der Waals surface area contributed by atoms with Crippen molar-refractivity contribution in [2.75, 3.05) is 0 Å². The van der Waals surface area contributed by atoms with E-state index in [-0.39, 0.29) is 0 Å². The van der Waals surface area contributed by atoms with Crippen molar-refractivity contribution in [3.05, 3.63) is 127 Å². The van der Waals surface area contributed by atoms with Gasteiger partial charge in [0, 0.05) is 0 Å². The Balaban J connectivity index is 0.000000491. The van der Waals surface area contributed by atoms with Gasteiger partial charge in [-0.05, 0) is 42.0 Å². The molecule has 4 aromatic carbocycles. The van der Waals surface area contributed by atoms with Gasteiger partial charge in [0.2, 0.25) is 0 Å². The molecule has 0 aliphatic carbocycles. The third-order valence-corrected chi connectivity index (χ3v) is 9.23. The van der Waals surface area contributed by atoms with Crippen LogP contribution >= 0.6 is 7.26 Å². The lowest BCUT2D eigenvalue weighted by Crippen LogP contribution is -4.29. The zero-order valence-electron chi connectivity index (χ0n) is 16.7. The zero-order chi connectivity index (χ0) is 22.2. The molecule has 158 valence electrons. The highest BCUT2D eigenvalue weighted by Crippen LogP contribution is 2.58. The molecular formula is C25H22IO4P. The molecule has 31 heavy (non-hydrogen) atoms. The summed E-state index contributed by atoms with van der Waals surface area (Å²) in [5, 5.41) is 4.30. The van der Waals surface area contributed by atoms with E-state index >= 15 is 0 Å². The fourth-order valence-electron chi connectivity index (χ4n) is 3.63. The molecule has 0 heterocycles. The number of halogens is 1. The number of hydrogen-bond donors (Lipinski definition) is 0. The van der Waals surface area contributed by atoms with E-state index in [1.54, 1.807) is 0 Å². The van der Waals surface area contributed by atoms with Gasteiger partial charge in [0.15, 0.2) is 0 Å². The Bertz CT molecular complexity index is 938. The maximum atomic E-state index is 8.62. The maximum Gasteiger partial charge on any atom is 0.144 e. The molecule has 0 radical (unpaired) electrons. The molecule has 0 aliphatic heterocycles. The van der Waals surface area contributed by atoms with Gasteiger partial charge in [0.25, 0.3) is 0 Å². The van der Waals surface area contributed by atoms with E-state index < -0.39 is 27.4 Å². The van der Waals surface area contributed by atoms with Gasteiger partial charge >= 0.3 is 0 Å². The highest BCUT2D eigenvalue weighted by molar-refractivity contribution is 7.95. The van der Waals surface area contributed by atoms with Gasteiger partial charge in [-0.2, -0.15) is 0 Å². The van der Waals surface area contributed by atoms with Crippen molar-refractivity contribution in [2.24, 2.45) is 0 Å². The monoisotopic (exact) mass is 544 g/mol. The summed E-state index contributed by atoms with van der Waals surface area (Å²) in [6.07, 6.45) is 1.03. The average molecular weight is 544 g/mol. The fraction of sp³-hybridized carbons (Fsp3) is 0.0400. The first-order chi connectivity index (χ1) is 14.9. The van der Waals surface area contributed by atoms with E-state index in [1.165, 1.54) is 21.5 Å². The van der Waals surface area contributed by atoms with E-state index in [0.717, 1.165) is 6.16 Å². The Morgan fingerprint density at radius 2 is 0.710 bits per heavy atom. The Morgan fingerprint density at radius 1 is 0.452 bits per heavy atom. The van der Waals surface area contributed by atoms with E-state index in [0.29, 0.717) is 0 Å². The lowest BCUT2D eigenvalue weighted by Gasteiger charge is -2.27. The molecule has 0 saturated heterocycles. The van der Waals surface area contributed by atoms with Crippen molar-refractivity contribution >= 4 is 23.2 Å². The van der Waals surface area contributed by atoms with E-state index in [2.05, 4.69) is 121 Å². The second-order valence-electron chi connectivity index (χ2n) is 6.84. The third kappa shape index (κ3) is 6.68. The lowest BCUT2D eigenvalue weighted by atomic mass is 10.2. The zero-order valence-corrected chi connectivity index (χ0v) is 19.8. The van der Waals surface area contributed by atoms with Crippen LogP contribution in [-0.2, 0) is 6.16 Å². The van der Waals surface area contributed by atoms with Crippen molar-refractivity contribution in [3.8, 4) is 0 Å². The predicted octanol–water partition coefficient (Wildman–Crippen LogP) is -2.57. The molecule has 0 aliphatic rings. The Hall–Kier alpha value is -2.12. The van der Waals surface area contributed by atoms with Crippen molar-refractivity contribution in [2.45, 2.75) is 6.16 Å². The summed E-state index contributed by atoms with van der Waals surface area (Å²) >= 11 is -5.94. The minimum atomic E-state index is -5.94. The Morgan fingerprint density at radius 3 is 1.00 bits per heavy atom. The van der Waals surface area contributed by atoms with Crippen LogP contribution in [0.2, 0.25) is 0 Å². The smallest absolute Gasteiger partial charge is 0.144 e. The van der Waals surface area contributed by atoms with Crippen LogP contribution in [0.15, 0.2) is 121 Å². The standard InChI is InChI=1S/C25H22P.IO4/c1-5-13-22(14-6-1)21-26(23-15-7-2-8-16-23,24-17-9-3-10-18-24)25-19-11-4-12-20-25;2-1(3,4)5/h1-20H,21H2;/q+1;-1. The molecule has 0 unspecified atom stereocenters. The summed E-state index contributed by atoms with van der Waals surface area (Å²) in [7, 11) is -1.78. The minimum absolute atomic E-state index is 1.03. The highest BCUT2D eigenvalue weighted by atomic mass is 127. The molecule has 0 bridgehead atoms. The van der Waals surface area contributed by atoms with Crippen LogP contribution in [0.25, 0.3) is 0 Å². The second-order valence-corrected chi connectivity index (χ2v) is 12.5. The minimum Gasteiger partial charge on any atom is -0.286 e. The maximum absolute atomic E-state index is 8.62. The molecule has 0 N–H and O–H groups in total. The first kappa shape index (κ1) is 23.5. The summed E-state index contributed by atoms with van der Waals surface area (Å²) in [6, 6.07) is 44.0. The molecular weight excluding hydrogens is 522 g/mol. The normalized spacial score (nSPS) is 11.4. The summed E-state index contributed by atoms with van der Waals surface area (Å²) in [5.41, 5.74) is 1.39. The van der Waals surface area contributed by atoms with E-state index in [9.17, 15) is 0 Å². The van der Waals surface area contributed by atoms with Gasteiger partial charge in [0.05, 0.1) is 6.16 Å². The van der Waals surface area contributed by atoms with Gasteiger partial charge in [-0.3, -0.25) is 13.7 Å². The summed E-state index contributed by atoms with van der Waals surface area (Å²) < 4.78 is 34.5. The molecule has 4 aromatic rings. The van der Waals surface area contributed by atoms with Gasteiger partial charge in [0.1, 0.15) is 43.3 Å². The molecule has 0 atom stereocenters. The highest BCUT2D eigenvalue weighted by Gasteiger charge is 2.45. The molecule has 0 spiro atoms. The second kappa shape index (κ2) is 11.0. The number of hydrogen-bond acceptors (Lipinski definition) is 4. The largest absolute Gasteiger partial charge is 0.286 e. The van der Waals surface area contributed by atoms with E-state index in [4.69, 9.17) is 13.7 Å². The third-order valence-electron chi connectivity index (χ3n) is 4.85. The van der Waals surface area contributed by atoms with Crippen LogP contribution in [0.4, 0.5) is 0 Å². The predicted molar refractivity (Wildman–Crippen MR) is 115 cm³/mol. The first-order valence-corrected chi connectivity index (χ1v) is 15.1. The van der Waals surface area contributed by atoms with Crippen LogP contribution in [0.5, 0.6) is 0 Å². The van der Waals surface area contributed by atoms with Crippen molar-refractivity contribution < 1.29 is 33.8 Å². The Kier molecular flexibility index (Phi) is 8.32. The van der Waals surface area contributed by atoms with Crippen LogP contribution < -0.4 is 49.8 Å². The summed E-state index contributed by atoms with van der Waals surface area (Å²) in [4.78, 5) is 0.